The molecule has 47 heavy (non-hydrogen) atoms. The third-order valence-electron chi connectivity index (χ3n) is 9.08. The highest BCUT2D eigenvalue weighted by Gasteiger charge is 2.17. The zero-order chi connectivity index (χ0) is 31.2. The molecule has 0 radical (unpaired) electrons. The Kier molecular flexibility index (Phi) is 6.46. The number of hydrogen-bond acceptors (Lipinski definition) is 2. The molecule has 0 saturated heterocycles. The van der Waals surface area contributed by atoms with E-state index < -0.39 is 0 Å². The highest BCUT2D eigenvalue weighted by atomic mass is 15.0. The fourth-order valence-electron chi connectivity index (χ4n) is 6.83. The van der Waals surface area contributed by atoms with Gasteiger partial charge in [-0.25, -0.2) is 4.98 Å². The third-order valence-corrected chi connectivity index (χ3v) is 9.08. The van der Waals surface area contributed by atoms with Crippen LogP contribution in [0.25, 0.3) is 83.1 Å². The smallest absolute Gasteiger partial charge is 0.137 e. The van der Waals surface area contributed by atoms with Crippen LogP contribution in [0.2, 0.25) is 0 Å². The zero-order valence-corrected chi connectivity index (χ0v) is 25.6. The second kappa shape index (κ2) is 11.2. The summed E-state index contributed by atoms with van der Waals surface area (Å²) in [6.45, 7) is 0. The third kappa shape index (κ3) is 4.77. The first kappa shape index (κ1) is 27.0. The topological polar surface area (TPSA) is 30.2 Å². The number of rotatable bonds is 5. The number of imidazole rings is 1. The normalized spacial score (nSPS) is 11.4. The molecule has 0 aliphatic carbocycles. The molecule has 0 amide bonds. The highest BCUT2D eigenvalue weighted by molar-refractivity contribution is 6.14. The Morgan fingerprint density at radius 2 is 1.09 bits per heavy atom. The molecule has 0 aliphatic heterocycles. The molecule has 220 valence electrons. The van der Waals surface area contributed by atoms with Crippen molar-refractivity contribution in [3.63, 3.8) is 0 Å². The van der Waals surface area contributed by atoms with Crippen molar-refractivity contribution in [3.05, 3.63) is 176 Å². The maximum absolute atomic E-state index is 5.08. The average molecular weight is 600 g/mol. The maximum atomic E-state index is 5.08. The molecule has 0 spiro atoms. The Bertz CT molecular complexity index is 2550. The van der Waals surface area contributed by atoms with Crippen LogP contribution in [0, 0.1) is 0 Å². The van der Waals surface area contributed by atoms with Gasteiger partial charge in [-0.15, -0.1) is 0 Å². The molecular weight excluding hydrogens is 571 g/mol. The van der Waals surface area contributed by atoms with Crippen molar-refractivity contribution in [2.75, 3.05) is 0 Å². The summed E-state index contributed by atoms with van der Waals surface area (Å²) in [5.74, 6) is 0. The molecule has 3 aromatic heterocycles. The fraction of sp³-hybridized carbons (Fsp3) is 0. The molecule has 0 saturated carbocycles. The minimum Gasteiger partial charge on any atom is -0.299 e. The first-order valence-corrected chi connectivity index (χ1v) is 15.9. The van der Waals surface area contributed by atoms with Crippen LogP contribution in [-0.2, 0) is 0 Å². The predicted molar refractivity (Wildman–Crippen MR) is 195 cm³/mol. The van der Waals surface area contributed by atoms with Gasteiger partial charge in [0.15, 0.2) is 0 Å². The number of pyridine rings is 2. The van der Waals surface area contributed by atoms with Gasteiger partial charge in [0.1, 0.15) is 5.65 Å². The summed E-state index contributed by atoms with van der Waals surface area (Å²) in [5.41, 5.74) is 12.2. The van der Waals surface area contributed by atoms with E-state index in [0.29, 0.717) is 0 Å². The summed E-state index contributed by atoms with van der Waals surface area (Å²) in [5, 5.41) is 5.02. The van der Waals surface area contributed by atoms with E-state index in [1.807, 2.05) is 24.5 Å². The number of nitrogens with zero attached hydrogens (tertiary/aromatic N) is 3. The second-order valence-corrected chi connectivity index (χ2v) is 11.9. The molecule has 0 aliphatic rings. The van der Waals surface area contributed by atoms with Crippen LogP contribution in [0.1, 0.15) is 0 Å². The van der Waals surface area contributed by atoms with Crippen molar-refractivity contribution < 1.29 is 0 Å². The van der Waals surface area contributed by atoms with Crippen LogP contribution in [0.4, 0.5) is 0 Å². The number of hydrogen-bond donors (Lipinski definition) is 0. The van der Waals surface area contributed by atoms with Gasteiger partial charge < -0.3 is 0 Å². The molecular formula is C44H29N3. The number of benzene rings is 6. The quantitative estimate of drug-likeness (QED) is 0.184. The molecule has 0 atom stereocenters. The highest BCUT2D eigenvalue weighted by Crippen LogP contribution is 2.40. The Balaban J connectivity index is 1.21. The minimum absolute atomic E-state index is 0.932. The van der Waals surface area contributed by atoms with E-state index in [1.165, 1.54) is 32.7 Å². The van der Waals surface area contributed by atoms with Crippen molar-refractivity contribution in [2.24, 2.45) is 0 Å². The summed E-state index contributed by atoms with van der Waals surface area (Å²) < 4.78 is 2.18. The summed E-state index contributed by atoms with van der Waals surface area (Å²) in [4.78, 5) is 9.52. The van der Waals surface area contributed by atoms with Crippen molar-refractivity contribution in [3.8, 4) is 55.9 Å². The Morgan fingerprint density at radius 3 is 1.89 bits per heavy atom. The maximum Gasteiger partial charge on any atom is 0.137 e. The molecule has 3 nitrogen and oxygen atoms in total. The van der Waals surface area contributed by atoms with Crippen LogP contribution >= 0.6 is 0 Å². The first-order valence-electron chi connectivity index (χ1n) is 15.9. The van der Waals surface area contributed by atoms with E-state index in [1.54, 1.807) is 0 Å². The van der Waals surface area contributed by atoms with Crippen LogP contribution in [0.15, 0.2) is 176 Å². The molecule has 0 bridgehead atoms. The largest absolute Gasteiger partial charge is 0.299 e. The second-order valence-electron chi connectivity index (χ2n) is 11.9. The molecule has 9 rings (SSSR count). The average Bonchev–Trinajstić information content (AvgIpc) is 3.55. The van der Waals surface area contributed by atoms with Gasteiger partial charge in [0.05, 0.1) is 11.4 Å². The van der Waals surface area contributed by atoms with Gasteiger partial charge in [0, 0.05) is 35.3 Å². The molecule has 0 N–H and O–H groups in total. The molecule has 0 fully saturated rings. The zero-order valence-electron chi connectivity index (χ0n) is 25.6. The van der Waals surface area contributed by atoms with E-state index >= 15 is 0 Å². The first-order chi connectivity index (χ1) is 23.3. The van der Waals surface area contributed by atoms with Gasteiger partial charge >= 0.3 is 0 Å². The van der Waals surface area contributed by atoms with Gasteiger partial charge in [-0.3, -0.25) is 9.38 Å². The van der Waals surface area contributed by atoms with E-state index in [0.717, 1.165) is 50.4 Å². The molecule has 3 heteroatoms. The predicted octanol–water partition coefficient (Wildman–Crippen LogP) is 11.4. The summed E-state index contributed by atoms with van der Waals surface area (Å²) in [7, 11) is 0. The lowest BCUT2D eigenvalue weighted by atomic mass is 9.89. The van der Waals surface area contributed by atoms with Gasteiger partial charge in [-0.1, -0.05) is 115 Å². The van der Waals surface area contributed by atoms with E-state index in [9.17, 15) is 0 Å². The van der Waals surface area contributed by atoms with Crippen molar-refractivity contribution in [1.29, 1.82) is 0 Å². The Labute approximate surface area is 273 Å². The molecule has 0 unspecified atom stereocenters. The van der Waals surface area contributed by atoms with Gasteiger partial charge in [-0.2, -0.15) is 0 Å². The van der Waals surface area contributed by atoms with Gasteiger partial charge in [0.2, 0.25) is 0 Å². The fourth-order valence-corrected chi connectivity index (χ4v) is 6.83. The van der Waals surface area contributed by atoms with E-state index in [4.69, 9.17) is 4.98 Å². The number of aromatic nitrogens is 3. The van der Waals surface area contributed by atoms with Crippen LogP contribution in [0.5, 0.6) is 0 Å². The summed E-state index contributed by atoms with van der Waals surface area (Å²) >= 11 is 0. The van der Waals surface area contributed by atoms with Crippen molar-refractivity contribution >= 4 is 27.2 Å². The molecule has 6 aromatic carbocycles. The Hall–Kier alpha value is -6.32. The standard InChI is InChI=1S/C44H29N3/c1-2-11-32(12-3-1)44-43(46-42-18-8-9-24-47(42)44)31-21-19-30(20-22-31)35-25-36(34-14-10-23-45-29-34)27-37(26-35)41-28-33-13-4-5-15-38(33)39-16-6-7-17-40(39)41/h1-29H. The summed E-state index contributed by atoms with van der Waals surface area (Å²) in [6.07, 6.45) is 5.86. The van der Waals surface area contributed by atoms with Crippen LogP contribution < -0.4 is 0 Å². The lowest BCUT2D eigenvalue weighted by Gasteiger charge is -2.15. The molecule has 3 heterocycles. The van der Waals surface area contributed by atoms with Crippen LogP contribution in [0.3, 0.4) is 0 Å². The van der Waals surface area contributed by atoms with Gasteiger partial charge in [-0.05, 0) is 91.8 Å². The minimum atomic E-state index is 0.932. The SMILES string of the molecule is c1ccc(-c2c(-c3ccc(-c4cc(-c5cccnc5)cc(-c5cc6ccccc6c6ccccc56)c4)cc3)nc3ccccn23)cc1. The lowest BCUT2D eigenvalue weighted by Crippen LogP contribution is -1.90. The Morgan fingerprint density at radius 1 is 0.426 bits per heavy atom. The van der Waals surface area contributed by atoms with Crippen LogP contribution in [-0.4, -0.2) is 14.4 Å². The molecule has 9 aromatic rings. The van der Waals surface area contributed by atoms with Crippen molar-refractivity contribution in [1.82, 2.24) is 14.4 Å². The van der Waals surface area contributed by atoms with Crippen molar-refractivity contribution in [2.45, 2.75) is 0 Å². The van der Waals surface area contributed by atoms with Gasteiger partial charge in [0.25, 0.3) is 0 Å². The van der Waals surface area contributed by atoms with E-state index in [-0.39, 0.29) is 0 Å². The lowest BCUT2D eigenvalue weighted by molar-refractivity contribution is 1.19. The number of fused-ring (bicyclic) bond motifs is 4. The summed E-state index contributed by atoms with van der Waals surface area (Å²) in [6, 6.07) is 56.3. The van der Waals surface area contributed by atoms with E-state index in [2.05, 4.69) is 161 Å². The monoisotopic (exact) mass is 599 g/mol.